The van der Waals surface area contributed by atoms with Gasteiger partial charge in [0.1, 0.15) is 11.9 Å². The zero-order valence-corrected chi connectivity index (χ0v) is 11.8. The molecule has 1 atom stereocenters. The summed E-state index contributed by atoms with van der Waals surface area (Å²) in [4.78, 5) is 16.2. The van der Waals surface area contributed by atoms with Crippen molar-refractivity contribution in [3.63, 3.8) is 0 Å². The summed E-state index contributed by atoms with van der Waals surface area (Å²) in [6.45, 7) is 2.30. The number of aryl methyl sites for hydroxylation is 1. The van der Waals surface area contributed by atoms with Gasteiger partial charge in [-0.2, -0.15) is 4.31 Å². The van der Waals surface area contributed by atoms with Gasteiger partial charge in [0, 0.05) is 12.7 Å². The molecule has 2 heterocycles. The molecule has 0 bridgehead atoms. The zero-order valence-electron chi connectivity index (χ0n) is 11.0. The summed E-state index contributed by atoms with van der Waals surface area (Å²) in [5.74, 6) is 0.121. The number of sulfonamides is 1. The molecule has 7 heteroatoms. The van der Waals surface area contributed by atoms with E-state index in [0.29, 0.717) is 25.2 Å². The van der Waals surface area contributed by atoms with Gasteiger partial charge in [-0.1, -0.05) is 6.07 Å². The van der Waals surface area contributed by atoms with Crippen molar-refractivity contribution in [1.29, 1.82) is 0 Å². The predicted molar refractivity (Wildman–Crippen MR) is 72.2 cm³/mol. The average molecular weight is 283 g/mol. The van der Waals surface area contributed by atoms with Gasteiger partial charge in [0.15, 0.2) is 0 Å². The van der Waals surface area contributed by atoms with Crippen LogP contribution in [-0.2, 0) is 14.8 Å². The molecule has 0 saturated carbocycles. The van der Waals surface area contributed by atoms with Gasteiger partial charge in [0.25, 0.3) is 0 Å². The molecule has 1 N–H and O–H groups in total. The number of hydrogen-bond donors (Lipinski definition) is 1. The molecule has 0 unspecified atom stereocenters. The molecule has 2 rings (SSSR count). The largest absolute Gasteiger partial charge is 0.309 e. The lowest BCUT2D eigenvalue weighted by Crippen LogP contribution is -2.42. The maximum absolute atomic E-state index is 12.1. The monoisotopic (exact) mass is 283 g/mol. The molecular formula is C12H17N3O3S. The van der Waals surface area contributed by atoms with E-state index >= 15 is 0 Å². The minimum Gasteiger partial charge on any atom is -0.309 e. The van der Waals surface area contributed by atoms with Crippen molar-refractivity contribution in [2.75, 3.05) is 18.1 Å². The second-order valence-electron chi connectivity index (χ2n) is 4.74. The third kappa shape index (κ3) is 3.30. The molecule has 104 valence electrons. The van der Waals surface area contributed by atoms with E-state index in [1.807, 2.05) is 13.0 Å². The van der Waals surface area contributed by atoms with E-state index in [1.54, 1.807) is 12.3 Å². The van der Waals surface area contributed by atoms with Crippen molar-refractivity contribution in [2.24, 2.45) is 0 Å². The molecule has 0 aliphatic carbocycles. The minimum atomic E-state index is -3.34. The zero-order chi connectivity index (χ0) is 14.0. The molecule has 0 aromatic carbocycles. The van der Waals surface area contributed by atoms with Crippen molar-refractivity contribution < 1.29 is 13.2 Å². The number of pyridine rings is 1. The number of amides is 1. The first kappa shape index (κ1) is 14.0. The van der Waals surface area contributed by atoms with Crippen LogP contribution in [-0.4, -0.2) is 42.5 Å². The van der Waals surface area contributed by atoms with Gasteiger partial charge in [-0.05, 0) is 31.4 Å². The summed E-state index contributed by atoms with van der Waals surface area (Å²) in [6, 6.07) is 2.91. The van der Waals surface area contributed by atoms with Gasteiger partial charge in [0.2, 0.25) is 15.9 Å². The van der Waals surface area contributed by atoms with Crippen LogP contribution < -0.4 is 5.32 Å². The van der Waals surface area contributed by atoms with Crippen molar-refractivity contribution in [2.45, 2.75) is 25.8 Å². The lowest BCUT2D eigenvalue weighted by atomic mass is 10.2. The second-order valence-corrected chi connectivity index (χ2v) is 6.68. The highest BCUT2D eigenvalue weighted by Gasteiger charge is 2.36. The van der Waals surface area contributed by atoms with E-state index < -0.39 is 16.1 Å². The summed E-state index contributed by atoms with van der Waals surface area (Å²) in [7, 11) is -3.34. The van der Waals surface area contributed by atoms with Crippen LogP contribution in [0.2, 0.25) is 0 Å². The topological polar surface area (TPSA) is 79.4 Å². The Kier molecular flexibility index (Phi) is 3.86. The van der Waals surface area contributed by atoms with Gasteiger partial charge in [-0.15, -0.1) is 0 Å². The van der Waals surface area contributed by atoms with Gasteiger partial charge in [-0.3, -0.25) is 4.79 Å². The van der Waals surface area contributed by atoms with Gasteiger partial charge >= 0.3 is 0 Å². The molecule has 0 spiro atoms. The van der Waals surface area contributed by atoms with E-state index in [2.05, 4.69) is 10.3 Å². The summed E-state index contributed by atoms with van der Waals surface area (Å²) in [5, 5.41) is 2.66. The van der Waals surface area contributed by atoms with Crippen molar-refractivity contribution in [3.05, 3.63) is 23.9 Å². The van der Waals surface area contributed by atoms with Crippen LogP contribution >= 0.6 is 0 Å². The fraction of sp³-hybridized carbons (Fsp3) is 0.500. The fourth-order valence-corrected chi connectivity index (χ4v) is 3.27. The molecule has 1 aromatic rings. The average Bonchev–Trinajstić information content (AvgIpc) is 2.81. The molecule has 1 aromatic heterocycles. The Hall–Kier alpha value is -1.47. The van der Waals surface area contributed by atoms with Crippen LogP contribution in [0.15, 0.2) is 18.3 Å². The number of nitrogens with one attached hydrogen (secondary N) is 1. The van der Waals surface area contributed by atoms with Crippen LogP contribution in [0.25, 0.3) is 0 Å². The Morgan fingerprint density at radius 2 is 2.21 bits per heavy atom. The Labute approximate surface area is 112 Å². The van der Waals surface area contributed by atoms with E-state index in [9.17, 15) is 13.2 Å². The van der Waals surface area contributed by atoms with Crippen molar-refractivity contribution in [1.82, 2.24) is 9.29 Å². The maximum Gasteiger partial charge on any atom is 0.243 e. The van der Waals surface area contributed by atoms with Gasteiger partial charge < -0.3 is 5.32 Å². The first-order valence-corrected chi connectivity index (χ1v) is 7.93. The highest BCUT2D eigenvalue weighted by Crippen LogP contribution is 2.21. The highest BCUT2D eigenvalue weighted by atomic mass is 32.2. The summed E-state index contributed by atoms with van der Waals surface area (Å²) < 4.78 is 24.4. The lowest BCUT2D eigenvalue weighted by Gasteiger charge is -2.21. The number of aromatic nitrogens is 1. The number of carbonyl (C=O) groups excluding carboxylic acids is 1. The maximum atomic E-state index is 12.1. The standard InChI is InChI=1S/C12H17N3O3S/c1-9-5-6-11(13-8-9)14-12(16)10-4-3-7-15(10)19(2,17)18/h5-6,8,10H,3-4,7H2,1-2H3,(H,13,14,16)/t10-/m0/s1. The number of anilines is 1. The second kappa shape index (κ2) is 5.26. The lowest BCUT2D eigenvalue weighted by molar-refractivity contribution is -0.119. The van der Waals surface area contributed by atoms with Crippen molar-refractivity contribution in [3.8, 4) is 0 Å². The number of carbonyl (C=O) groups is 1. The van der Waals surface area contributed by atoms with Gasteiger partial charge in [-0.25, -0.2) is 13.4 Å². The van der Waals surface area contributed by atoms with Gasteiger partial charge in [0.05, 0.1) is 6.26 Å². The van der Waals surface area contributed by atoms with Crippen LogP contribution in [0.4, 0.5) is 5.82 Å². The van der Waals surface area contributed by atoms with Crippen LogP contribution in [0.5, 0.6) is 0 Å². The van der Waals surface area contributed by atoms with Crippen LogP contribution in [0.3, 0.4) is 0 Å². The van der Waals surface area contributed by atoms with E-state index in [0.717, 1.165) is 11.8 Å². The third-order valence-electron chi connectivity index (χ3n) is 3.09. The molecule has 0 radical (unpaired) electrons. The number of nitrogens with zero attached hydrogens (tertiary/aromatic N) is 2. The first-order valence-electron chi connectivity index (χ1n) is 6.08. The Morgan fingerprint density at radius 1 is 1.47 bits per heavy atom. The van der Waals surface area contributed by atoms with Crippen molar-refractivity contribution >= 4 is 21.7 Å². The smallest absolute Gasteiger partial charge is 0.243 e. The first-order chi connectivity index (χ1) is 8.88. The normalized spacial score (nSPS) is 20.4. The molecule has 1 fully saturated rings. The number of hydrogen-bond acceptors (Lipinski definition) is 4. The Bertz CT molecular complexity index is 568. The Balaban J connectivity index is 2.09. The molecule has 6 nitrogen and oxygen atoms in total. The summed E-state index contributed by atoms with van der Waals surface area (Å²) in [6.07, 6.45) is 4.03. The summed E-state index contributed by atoms with van der Waals surface area (Å²) in [5.41, 5.74) is 0.997. The molecular weight excluding hydrogens is 266 g/mol. The van der Waals surface area contributed by atoms with E-state index in [-0.39, 0.29) is 5.91 Å². The van der Waals surface area contributed by atoms with E-state index in [1.165, 1.54) is 4.31 Å². The molecule has 1 amide bonds. The molecule has 19 heavy (non-hydrogen) atoms. The fourth-order valence-electron chi connectivity index (χ4n) is 2.15. The van der Waals surface area contributed by atoms with Crippen LogP contribution in [0, 0.1) is 6.92 Å². The minimum absolute atomic E-state index is 0.320. The quantitative estimate of drug-likeness (QED) is 0.888. The molecule has 1 aliphatic rings. The number of rotatable bonds is 3. The predicted octanol–water partition coefficient (Wildman–Crippen LogP) is 0.753. The van der Waals surface area contributed by atoms with E-state index in [4.69, 9.17) is 0 Å². The molecule has 1 aliphatic heterocycles. The molecule has 1 saturated heterocycles. The summed E-state index contributed by atoms with van der Waals surface area (Å²) >= 11 is 0. The SMILES string of the molecule is Cc1ccc(NC(=O)[C@@H]2CCCN2S(C)(=O)=O)nc1. The highest BCUT2D eigenvalue weighted by molar-refractivity contribution is 7.88. The third-order valence-corrected chi connectivity index (χ3v) is 4.38. The van der Waals surface area contributed by atoms with Crippen LogP contribution in [0.1, 0.15) is 18.4 Å². The Morgan fingerprint density at radius 3 is 2.79 bits per heavy atom.